The molecule has 1 aromatic heterocycles. The number of nitrogens with zero attached hydrogens (tertiary/aromatic N) is 3. The first-order valence-electron chi connectivity index (χ1n) is 15.0. The number of aliphatic hydroxyl groups is 1. The number of ether oxygens (including phenoxy) is 1. The van der Waals surface area contributed by atoms with Crippen LogP contribution in [0.15, 0.2) is 82.2 Å². The number of nitrogens with one attached hydrogen (secondary N) is 1. The molecule has 11 heteroatoms. The molecule has 0 radical (unpaired) electrons. The van der Waals surface area contributed by atoms with E-state index in [9.17, 15) is 18.3 Å². The first-order valence-corrected chi connectivity index (χ1v) is 16.5. The van der Waals surface area contributed by atoms with E-state index >= 15 is 0 Å². The molecule has 45 heavy (non-hydrogen) atoms. The zero-order chi connectivity index (χ0) is 32.3. The largest absolute Gasteiger partial charge is 0.488 e. The molecule has 1 aliphatic rings. The maximum Gasteiger partial charge on any atom is 0.267 e. The smallest absolute Gasteiger partial charge is 0.267 e. The molecule has 4 aromatic rings. The maximum absolute atomic E-state index is 13.8. The molecule has 2 N–H and O–H groups in total. The molecule has 3 atom stereocenters. The summed E-state index contributed by atoms with van der Waals surface area (Å²) in [6.07, 6.45) is -0.288. The van der Waals surface area contributed by atoms with Crippen LogP contribution < -0.4 is 9.46 Å². The number of likely N-dealkylation sites (N-methyl/N-ethyl adjacent to an activating group) is 1. The predicted octanol–water partition coefficient (Wildman–Crippen LogP) is 5.11. The van der Waals surface area contributed by atoms with Crippen molar-refractivity contribution in [2.45, 2.75) is 51.3 Å². The maximum atomic E-state index is 13.8. The van der Waals surface area contributed by atoms with Gasteiger partial charge in [0, 0.05) is 31.2 Å². The molecule has 5 rings (SSSR count). The monoisotopic (exact) mass is 632 g/mol. The highest BCUT2D eigenvalue weighted by Crippen LogP contribution is 2.32. The molecule has 1 aliphatic heterocycles. The van der Waals surface area contributed by atoms with Crippen LogP contribution in [0.4, 0.5) is 5.69 Å². The lowest BCUT2D eigenvalue weighted by atomic mass is 9.99. The molecule has 0 aliphatic carbocycles. The topological polar surface area (TPSA) is 125 Å². The van der Waals surface area contributed by atoms with Crippen LogP contribution in [0.3, 0.4) is 0 Å². The van der Waals surface area contributed by atoms with Crippen LogP contribution in [0.2, 0.25) is 0 Å². The third kappa shape index (κ3) is 7.22. The molecule has 0 saturated carbocycles. The minimum absolute atomic E-state index is 0.0426. The van der Waals surface area contributed by atoms with Gasteiger partial charge in [0.2, 0.25) is 0 Å². The molecule has 238 valence electrons. The summed E-state index contributed by atoms with van der Waals surface area (Å²) in [7, 11) is -1.99. The van der Waals surface area contributed by atoms with Gasteiger partial charge in [-0.3, -0.25) is 14.4 Å². The van der Waals surface area contributed by atoms with E-state index in [1.165, 1.54) is 18.6 Å². The van der Waals surface area contributed by atoms with Gasteiger partial charge in [-0.2, -0.15) is 0 Å². The van der Waals surface area contributed by atoms with E-state index in [1.54, 1.807) is 30.9 Å². The molecule has 0 spiro atoms. The van der Waals surface area contributed by atoms with Crippen molar-refractivity contribution < 1.29 is 27.6 Å². The summed E-state index contributed by atoms with van der Waals surface area (Å²) in [6, 6.07) is 23.0. The Hall–Kier alpha value is -4.19. The Morgan fingerprint density at radius 3 is 2.40 bits per heavy atom. The number of aromatic nitrogens is 1. The third-order valence-electron chi connectivity index (χ3n) is 8.16. The highest BCUT2D eigenvalue weighted by Gasteiger charge is 2.34. The number of benzene rings is 3. The van der Waals surface area contributed by atoms with E-state index in [2.05, 4.69) is 51.2 Å². The first kappa shape index (κ1) is 32.2. The molecular formula is C34H40N4O6S. The van der Waals surface area contributed by atoms with Crippen LogP contribution in [0.1, 0.15) is 41.2 Å². The fraction of sp³-hybridized carbons (Fsp3) is 0.353. The van der Waals surface area contributed by atoms with Gasteiger partial charge in [-0.05, 0) is 62.7 Å². The summed E-state index contributed by atoms with van der Waals surface area (Å²) in [4.78, 5) is 17.6. The molecule has 3 aromatic carbocycles. The number of aliphatic hydroxyl groups excluding tert-OH is 1. The molecule has 0 bridgehead atoms. The number of carbonyl (C=O) groups excluding carboxylic acids is 1. The van der Waals surface area contributed by atoms with Crippen LogP contribution >= 0.6 is 0 Å². The molecule has 0 saturated heterocycles. The summed E-state index contributed by atoms with van der Waals surface area (Å²) >= 11 is 0. The summed E-state index contributed by atoms with van der Waals surface area (Å²) in [6.45, 7) is 8.33. The van der Waals surface area contributed by atoms with Crippen LogP contribution in [0.5, 0.6) is 5.75 Å². The standard InChI is InChI=1S/C34H40N4O6S/c1-22-18-38(23(2)21-39)34(40)30-17-29(36-45(41,42)33-24(3)35-44-25(33)4)15-16-31(30)43-32(22)20-37(5)19-26-11-13-28(14-12-26)27-9-7-6-8-10-27/h6-17,22-23,32,36,39H,18-21H2,1-5H3/t22-,23+,32+/m1/s1. The number of rotatable bonds is 10. The van der Waals surface area contributed by atoms with Gasteiger partial charge in [0.15, 0.2) is 10.7 Å². The predicted molar refractivity (Wildman–Crippen MR) is 173 cm³/mol. The van der Waals surface area contributed by atoms with Crippen LogP contribution in [0, 0.1) is 19.8 Å². The average Bonchev–Trinajstić information content (AvgIpc) is 3.37. The van der Waals surface area contributed by atoms with Crippen molar-refractivity contribution in [3.8, 4) is 16.9 Å². The van der Waals surface area contributed by atoms with Gasteiger partial charge in [0.1, 0.15) is 17.5 Å². The van der Waals surface area contributed by atoms with Crippen molar-refractivity contribution in [1.29, 1.82) is 0 Å². The summed E-state index contributed by atoms with van der Waals surface area (Å²) in [5.74, 6) is 0.119. The van der Waals surface area contributed by atoms with E-state index < -0.39 is 16.1 Å². The summed E-state index contributed by atoms with van der Waals surface area (Å²) < 4.78 is 40.5. The Balaban J connectivity index is 1.38. The van der Waals surface area contributed by atoms with Gasteiger partial charge >= 0.3 is 0 Å². The number of anilines is 1. The number of hydrogen-bond acceptors (Lipinski definition) is 8. The van der Waals surface area contributed by atoms with Gasteiger partial charge in [-0.1, -0.05) is 66.7 Å². The quantitative estimate of drug-likeness (QED) is 0.247. The molecular weight excluding hydrogens is 592 g/mol. The Kier molecular flexibility index (Phi) is 9.62. The van der Waals surface area contributed by atoms with Crippen molar-refractivity contribution in [1.82, 2.24) is 15.0 Å². The van der Waals surface area contributed by atoms with Crippen LogP contribution in [0.25, 0.3) is 11.1 Å². The van der Waals surface area contributed by atoms with Gasteiger partial charge in [-0.25, -0.2) is 8.42 Å². The Labute approximate surface area is 264 Å². The number of fused-ring (bicyclic) bond motifs is 1. The fourth-order valence-corrected chi connectivity index (χ4v) is 7.07. The van der Waals surface area contributed by atoms with Gasteiger partial charge < -0.3 is 19.3 Å². The van der Waals surface area contributed by atoms with Crippen molar-refractivity contribution in [3.63, 3.8) is 0 Å². The van der Waals surface area contributed by atoms with E-state index in [1.807, 2.05) is 32.2 Å². The molecule has 2 heterocycles. The molecule has 10 nitrogen and oxygen atoms in total. The van der Waals surface area contributed by atoms with E-state index in [0.717, 1.165) is 11.1 Å². The van der Waals surface area contributed by atoms with Gasteiger partial charge in [0.05, 0.1) is 18.2 Å². The number of sulfonamides is 1. The highest BCUT2D eigenvalue weighted by atomic mass is 32.2. The normalized spacial score (nSPS) is 17.8. The lowest BCUT2D eigenvalue weighted by Gasteiger charge is -2.38. The summed E-state index contributed by atoms with van der Waals surface area (Å²) in [5.41, 5.74) is 4.14. The average molecular weight is 633 g/mol. The number of amides is 1. The van der Waals surface area contributed by atoms with E-state index in [0.29, 0.717) is 25.4 Å². The molecule has 0 unspecified atom stereocenters. The van der Waals surface area contributed by atoms with Gasteiger partial charge in [-0.15, -0.1) is 0 Å². The number of aryl methyl sites for hydroxylation is 2. The first-order chi connectivity index (χ1) is 21.5. The summed E-state index contributed by atoms with van der Waals surface area (Å²) in [5, 5.41) is 13.7. The van der Waals surface area contributed by atoms with Crippen molar-refractivity contribution >= 4 is 21.6 Å². The van der Waals surface area contributed by atoms with Crippen molar-refractivity contribution in [2.24, 2.45) is 5.92 Å². The number of hydrogen-bond donors (Lipinski definition) is 2. The second-order valence-electron chi connectivity index (χ2n) is 11.9. The zero-order valence-corrected chi connectivity index (χ0v) is 27.0. The Bertz CT molecular complexity index is 1720. The lowest BCUT2D eigenvalue weighted by molar-refractivity contribution is 0.0341. The molecule has 1 amide bonds. The van der Waals surface area contributed by atoms with Gasteiger partial charge in [0.25, 0.3) is 15.9 Å². The zero-order valence-electron chi connectivity index (χ0n) is 26.2. The SMILES string of the molecule is Cc1noc(C)c1S(=O)(=O)Nc1ccc2c(c1)C(=O)N([C@@H](C)CO)C[C@@H](C)[C@H](CN(C)Cc1ccc(-c3ccccc3)cc1)O2. The second-order valence-corrected chi connectivity index (χ2v) is 13.5. The molecule has 0 fully saturated rings. The van der Waals surface area contributed by atoms with Crippen molar-refractivity contribution in [2.75, 3.05) is 31.5 Å². The lowest BCUT2D eigenvalue weighted by Crippen LogP contribution is -2.49. The Morgan fingerprint density at radius 2 is 1.76 bits per heavy atom. The second kappa shape index (κ2) is 13.4. The van der Waals surface area contributed by atoms with Crippen molar-refractivity contribution in [3.05, 3.63) is 95.4 Å². The van der Waals surface area contributed by atoms with Crippen LogP contribution in [-0.4, -0.2) is 73.3 Å². The fourth-order valence-electron chi connectivity index (χ4n) is 5.69. The highest BCUT2D eigenvalue weighted by molar-refractivity contribution is 7.92. The van der Waals surface area contributed by atoms with Crippen LogP contribution in [-0.2, 0) is 16.6 Å². The third-order valence-corrected chi connectivity index (χ3v) is 9.78. The van der Waals surface area contributed by atoms with E-state index in [-0.39, 0.29) is 52.1 Å². The minimum atomic E-state index is -4.03. The minimum Gasteiger partial charge on any atom is -0.488 e. The number of carbonyl (C=O) groups is 1. The Morgan fingerprint density at radius 1 is 1.07 bits per heavy atom. The van der Waals surface area contributed by atoms with E-state index in [4.69, 9.17) is 9.26 Å².